The smallest absolute Gasteiger partial charge is 0.146 e. The molecule has 27 heavy (non-hydrogen) atoms. The Labute approximate surface area is 166 Å². The summed E-state index contributed by atoms with van der Waals surface area (Å²) in [5.74, 6) is 0.487. The van der Waals surface area contributed by atoms with Crippen LogP contribution in [-0.4, -0.2) is 0 Å². The van der Waals surface area contributed by atoms with Crippen molar-refractivity contribution >= 4 is 11.6 Å². The molecule has 136 valence electrons. The highest BCUT2D eigenvalue weighted by Gasteiger charge is 2.60. The lowest BCUT2D eigenvalue weighted by Crippen LogP contribution is -3.01. The van der Waals surface area contributed by atoms with Gasteiger partial charge in [-0.25, -0.2) is 0 Å². The second kappa shape index (κ2) is 5.95. The Kier molecular flexibility index (Phi) is 3.76. The van der Waals surface area contributed by atoms with Gasteiger partial charge in [-0.1, -0.05) is 72.3 Å². The molecule has 2 aliphatic rings. The molecule has 3 atom stereocenters. The Morgan fingerprint density at radius 3 is 2.19 bits per heavy atom. The van der Waals surface area contributed by atoms with Gasteiger partial charge in [0, 0.05) is 27.6 Å². The number of rotatable bonds is 3. The fourth-order valence-corrected chi connectivity index (χ4v) is 5.81. The van der Waals surface area contributed by atoms with Crippen molar-refractivity contribution in [3.05, 3.63) is 106 Å². The molecule has 0 aromatic heterocycles. The maximum absolute atomic E-state index is 6.07. The third kappa shape index (κ3) is 2.42. The standard InChI is InChI=1S/C25H24ClN/c1-24-20-8-4-3-7-19(20)21(16-13-17-11-14-18(26)15-12-17)25(2,27-24)23-10-6-5-9-22(23)24/h3-12,14-15,21,27H,13,16H2,1-2H3/p+1. The van der Waals surface area contributed by atoms with Gasteiger partial charge in [0.2, 0.25) is 0 Å². The van der Waals surface area contributed by atoms with E-state index in [1.165, 1.54) is 27.8 Å². The summed E-state index contributed by atoms with van der Waals surface area (Å²) < 4.78 is 0. The lowest BCUT2D eigenvalue weighted by Gasteiger charge is -2.42. The highest BCUT2D eigenvalue weighted by atomic mass is 35.5. The molecule has 0 amide bonds. The van der Waals surface area contributed by atoms with E-state index in [9.17, 15) is 0 Å². The highest BCUT2D eigenvalue weighted by molar-refractivity contribution is 6.30. The fraction of sp³-hybridized carbons (Fsp3) is 0.280. The summed E-state index contributed by atoms with van der Waals surface area (Å²) >= 11 is 6.07. The summed E-state index contributed by atoms with van der Waals surface area (Å²) in [6.45, 7) is 4.84. The van der Waals surface area contributed by atoms with Crippen LogP contribution in [0, 0.1) is 0 Å². The Morgan fingerprint density at radius 1 is 0.815 bits per heavy atom. The second-order valence-corrected chi connectivity index (χ2v) is 8.92. The molecule has 2 bridgehead atoms. The van der Waals surface area contributed by atoms with Crippen LogP contribution in [0.5, 0.6) is 0 Å². The summed E-state index contributed by atoms with van der Waals surface area (Å²) in [5.41, 5.74) is 7.44. The first-order chi connectivity index (χ1) is 13.0. The number of aryl methyl sites for hydroxylation is 1. The lowest BCUT2D eigenvalue weighted by atomic mass is 9.70. The number of hydrogen-bond donors (Lipinski definition) is 1. The molecule has 2 heteroatoms. The van der Waals surface area contributed by atoms with Gasteiger partial charge in [0.05, 0.1) is 0 Å². The molecule has 5 rings (SSSR count). The van der Waals surface area contributed by atoms with Gasteiger partial charge in [-0.2, -0.15) is 0 Å². The minimum Gasteiger partial charge on any atom is -0.325 e. The van der Waals surface area contributed by atoms with E-state index < -0.39 is 0 Å². The van der Waals surface area contributed by atoms with E-state index in [1.807, 2.05) is 12.1 Å². The predicted molar refractivity (Wildman–Crippen MR) is 111 cm³/mol. The lowest BCUT2D eigenvalue weighted by molar-refractivity contribution is -0.788. The SMILES string of the molecule is CC12[NH2+]C(C)(c3ccccc31)C(CCc1ccc(Cl)cc1)c1ccccc12. The molecule has 0 fully saturated rings. The zero-order valence-electron chi connectivity index (χ0n) is 15.9. The number of fused-ring (bicyclic) bond motifs is 2. The van der Waals surface area contributed by atoms with Gasteiger partial charge in [0.25, 0.3) is 0 Å². The summed E-state index contributed by atoms with van der Waals surface area (Å²) in [5, 5.41) is 3.43. The van der Waals surface area contributed by atoms with Gasteiger partial charge >= 0.3 is 0 Å². The van der Waals surface area contributed by atoms with Crippen molar-refractivity contribution in [2.45, 2.75) is 43.7 Å². The third-order valence-electron chi connectivity index (χ3n) is 6.91. The molecular formula is C25H25ClN+. The number of benzene rings is 3. The van der Waals surface area contributed by atoms with E-state index in [2.05, 4.69) is 79.8 Å². The molecule has 2 N–H and O–H groups in total. The molecular weight excluding hydrogens is 350 g/mol. The average molecular weight is 375 g/mol. The largest absolute Gasteiger partial charge is 0.325 e. The van der Waals surface area contributed by atoms with Crippen LogP contribution in [0.2, 0.25) is 5.02 Å². The monoisotopic (exact) mass is 374 g/mol. The minimum absolute atomic E-state index is 0.0126. The number of hydrogen-bond acceptors (Lipinski definition) is 0. The number of halogens is 1. The zero-order valence-corrected chi connectivity index (χ0v) is 16.6. The van der Waals surface area contributed by atoms with E-state index in [0.717, 1.165) is 17.9 Å². The number of nitrogens with two attached hydrogens (primary N) is 1. The van der Waals surface area contributed by atoms with E-state index in [1.54, 1.807) is 0 Å². The van der Waals surface area contributed by atoms with Crippen LogP contribution in [0.3, 0.4) is 0 Å². The van der Waals surface area contributed by atoms with Crippen LogP contribution in [0.25, 0.3) is 0 Å². The topological polar surface area (TPSA) is 16.6 Å². The van der Waals surface area contributed by atoms with Gasteiger partial charge < -0.3 is 5.32 Å². The van der Waals surface area contributed by atoms with Crippen molar-refractivity contribution in [2.75, 3.05) is 0 Å². The average Bonchev–Trinajstić information content (AvgIpc) is 2.90. The van der Waals surface area contributed by atoms with Gasteiger partial charge in [-0.3, -0.25) is 0 Å². The van der Waals surface area contributed by atoms with Crippen molar-refractivity contribution in [3.8, 4) is 0 Å². The Bertz CT molecular complexity index is 1010. The van der Waals surface area contributed by atoms with Gasteiger partial charge in [0.15, 0.2) is 0 Å². The van der Waals surface area contributed by atoms with Crippen molar-refractivity contribution < 1.29 is 5.32 Å². The van der Waals surface area contributed by atoms with Crippen molar-refractivity contribution in [3.63, 3.8) is 0 Å². The van der Waals surface area contributed by atoms with Gasteiger partial charge in [0.1, 0.15) is 11.1 Å². The van der Waals surface area contributed by atoms with Crippen molar-refractivity contribution in [1.82, 2.24) is 0 Å². The minimum atomic E-state index is 0.0126. The summed E-state index contributed by atoms with van der Waals surface area (Å²) in [6, 6.07) is 26.5. The Hall–Kier alpha value is -2.09. The van der Waals surface area contributed by atoms with Crippen LogP contribution in [0.4, 0.5) is 0 Å². The maximum Gasteiger partial charge on any atom is 0.146 e. The van der Waals surface area contributed by atoms with E-state index in [-0.39, 0.29) is 11.1 Å². The Morgan fingerprint density at radius 2 is 1.44 bits per heavy atom. The molecule has 1 aliphatic heterocycles. The normalized spacial score (nSPS) is 27.9. The predicted octanol–water partition coefficient (Wildman–Crippen LogP) is 5.13. The van der Waals surface area contributed by atoms with Crippen LogP contribution < -0.4 is 5.32 Å². The first kappa shape index (κ1) is 17.0. The molecule has 1 nitrogen and oxygen atoms in total. The quantitative estimate of drug-likeness (QED) is 0.654. The molecule has 3 unspecified atom stereocenters. The fourth-order valence-electron chi connectivity index (χ4n) is 5.69. The van der Waals surface area contributed by atoms with E-state index in [4.69, 9.17) is 11.6 Å². The van der Waals surface area contributed by atoms with Crippen LogP contribution in [-0.2, 0) is 17.5 Å². The zero-order chi connectivity index (χ0) is 18.6. The second-order valence-electron chi connectivity index (χ2n) is 8.48. The highest BCUT2D eigenvalue weighted by Crippen LogP contribution is 2.52. The van der Waals surface area contributed by atoms with Crippen molar-refractivity contribution in [1.29, 1.82) is 0 Å². The van der Waals surface area contributed by atoms with Gasteiger partial charge in [-0.15, -0.1) is 0 Å². The maximum atomic E-state index is 6.07. The summed E-state index contributed by atoms with van der Waals surface area (Å²) in [7, 11) is 0. The molecule has 3 aromatic carbocycles. The molecule has 3 aromatic rings. The molecule has 0 spiro atoms. The van der Waals surface area contributed by atoms with Crippen LogP contribution in [0.1, 0.15) is 54.0 Å². The van der Waals surface area contributed by atoms with Crippen LogP contribution in [0.15, 0.2) is 72.8 Å². The van der Waals surface area contributed by atoms with E-state index >= 15 is 0 Å². The van der Waals surface area contributed by atoms with Crippen LogP contribution >= 0.6 is 11.6 Å². The molecule has 0 saturated carbocycles. The third-order valence-corrected chi connectivity index (χ3v) is 7.16. The first-order valence-corrected chi connectivity index (χ1v) is 10.2. The molecule has 0 radical (unpaired) electrons. The molecule has 1 heterocycles. The summed E-state index contributed by atoms with van der Waals surface area (Å²) in [4.78, 5) is 0. The molecule has 1 aliphatic carbocycles. The van der Waals surface area contributed by atoms with E-state index in [0.29, 0.717) is 5.92 Å². The van der Waals surface area contributed by atoms with Crippen molar-refractivity contribution in [2.24, 2.45) is 0 Å². The Balaban J connectivity index is 1.61. The number of quaternary nitrogens is 1. The summed E-state index contributed by atoms with van der Waals surface area (Å²) in [6.07, 6.45) is 2.20. The van der Waals surface area contributed by atoms with Gasteiger partial charge in [-0.05, 0) is 49.9 Å². The molecule has 0 saturated heterocycles. The first-order valence-electron chi connectivity index (χ1n) is 9.83.